The lowest BCUT2D eigenvalue weighted by molar-refractivity contribution is -0.274. The van der Waals surface area contributed by atoms with Crippen LogP contribution in [0, 0.1) is 0 Å². The molecule has 2 heterocycles. The second kappa shape index (κ2) is 13.3. The number of rotatable bonds is 2. The van der Waals surface area contributed by atoms with Gasteiger partial charge in [0.05, 0.1) is 22.4 Å². The summed E-state index contributed by atoms with van der Waals surface area (Å²) in [5.74, 6) is 1.05. The van der Waals surface area contributed by atoms with Crippen molar-refractivity contribution in [2.75, 3.05) is 18.5 Å². The molecule has 4 N–H and O–H groups in total. The zero-order chi connectivity index (χ0) is 27.0. The molecule has 0 radical (unpaired) electrons. The Morgan fingerprint density at radius 1 is 0.946 bits per heavy atom. The largest absolute Gasteiger partial charge is 0.573 e. The number of hydrogen-bond acceptors (Lipinski definition) is 6. The Morgan fingerprint density at radius 2 is 1.46 bits per heavy atom. The molecule has 0 spiro atoms. The third kappa shape index (κ3) is 9.69. The zero-order valence-electron chi connectivity index (χ0n) is 19.1. The van der Waals surface area contributed by atoms with Crippen LogP contribution in [-0.4, -0.2) is 35.0 Å². The Hall–Kier alpha value is -2.54. The van der Waals surface area contributed by atoms with E-state index in [4.69, 9.17) is 42.9 Å². The average Bonchev–Trinajstić information content (AvgIpc) is 2.83. The van der Waals surface area contributed by atoms with Gasteiger partial charge in [-0.25, -0.2) is 9.35 Å². The van der Waals surface area contributed by atoms with Crippen molar-refractivity contribution < 1.29 is 36.7 Å². The molecule has 0 aliphatic carbocycles. The van der Waals surface area contributed by atoms with E-state index in [0.717, 1.165) is 49.6 Å². The van der Waals surface area contributed by atoms with Crippen molar-refractivity contribution in [2.24, 2.45) is 5.14 Å². The molecule has 1 unspecified atom stereocenters. The van der Waals surface area contributed by atoms with Gasteiger partial charge in [0.2, 0.25) is 0 Å². The van der Waals surface area contributed by atoms with Gasteiger partial charge in [-0.1, -0.05) is 23.2 Å². The molecule has 200 valence electrons. The number of benzene rings is 3. The SMILES string of the molecule is Clc1ccc2c(c1)Oc1cc(Cl)ccc1N2.NS(=O)c1ccc(OC(F)(F)F)cc1.OC1CCOCC1. The molecule has 1 fully saturated rings. The van der Waals surface area contributed by atoms with E-state index in [-0.39, 0.29) is 16.7 Å². The van der Waals surface area contributed by atoms with Crippen molar-refractivity contribution in [3.63, 3.8) is 0 Å². The maximum atomic E-state index is 11.7. The highest BCUT2D eigenvalue weighted by molar-refractivity contribution is 7.82. The Morgan fingerprint density at radius 3 is 1.86 bits per heavy atom. The lowest BCUT2D eigenvalue weighted by atomic mass is 10.2. The van der Waals surface area contributed by atoms with Crippen molar-refractivity contribution in [3.8, 4) is 17.2 Å². The summed E-state index contributed by atoms with van der Waals surface area (Å²) in [7, 11) is -1.70. The number of aliphatic hydroxyl groups is 1. The predicted octanol–water partition coefficient (Wildman–Crippen LogP) is 6.57. The van der Waals surface area contributed by atoms with Gasteiger partial charge in [-0.05, 0) is 61.4 Å². The minimum Gasteiger partial charge on any atom is -0.453 e. The molecular weight excluding hydrogens is 556 g/mol. The summed E-state index contributed by atoms with van der Waals surface area (Å²) in [6, 6.07) is 15.5. The lowest BCUT2D eigenvalue weighted by Crippen LogP contribution is -2.19. The Kier molecular flexibility index (Phi) is 10.4. The van der Waals surface area contributed by atoms with Crippen LogP contribution in [0.15, 0.2) is 65.6 Å². The molecule has 37 heavy (non-hydrogen) atoms. The number of anilines is 2. The lowest BCUT2D eigenvalue weighted by Gasteiger charge is -2.21. The standard InChI is InChI=1S/C12H7Cl2NO.C7H6F3NO2S.C5H10O2/c13-7-1-3-9-11(5-7)16-12-6-8(14)2-4-10(12)15-9;8-7(9,10)13-5-1-3-6(4-2-5)14(11)12;6-5-1-3-7-4-2-5/h1-6,15H;1-4H,11H2;5-6H,1-4H2. The van der Waals surface area contributed by atoms with Gasteiger partial charge >= 0.3 is 6.36 Å². The number of hydrogen-bond donors (Lipinski definition) is 3. The minimum atomic E-state index is -4.72. The van der Waals surface area contributed by atoms with Gasteiger partial charge in [0.25, 0.3) is 0 Å². The van der Waals surface area contributed by atoms with Crippen LogP contribution in [0.3, 0.4) is 0 Å². The summed E-state index contributed by atoms with van der Waals surface area (Å²) in [6.45, 7) is 1.47. The van der Waals surface area contributed by atoms with E-state index in [1.807, 2.05) is 24.3 Å². The number of ether oxygens (including phenoxy) is 3. The third-order valence-electron chi connectivity index (χ3n) is 4.86. The summed E-state index contributed by atoms with van der Waals surface area (Å²) < 4.78 is 60.0. The van der Waals surface area contributed by atoms with Gasteiger partial charge < -0.3 is 24.6 Å². The molecular formula is C24H23Cl2F3N2O5S. The fraction of sp³-hybridized carbons (Fsp3) is 0.250. The van der Waals surface area contributed by atoms with E-state index in [1.54, 1.807) is 12.1 Å². The maximum absolute atomic E-state index is 11.7. The predicted molar refractivity (Wildman–Crippen MR) is 136 cm³/mol. The quantitative estimate of drug-likeness (QED) is 0.248. The summed E-state index contributed by atoms with van der Waals surface area (Å²) in [4.78, 5) is 0.236. The van der Waals surface area contributed by atoms with Crippen LogP contribution in [0.1, 0.15) is 12.8 Å². The molecule has 3 aromatic carbocycles. The first-order valence-corrected chi connectivity index (χ1v) is 12.8. The van der Waals surface area contributed by atoms with Crippen LogP contribution < -0.4 is 19.9 Å². The average molecular weight is 579 g/mol. The molecule has 13 heteroatoms. The summed E-state index contributed by atoms with van der Waals surface area (Å²) in [5.41, 5.74) is 1.80. The van der Waals surface area contributed by atoms with Crippen molar-refractivity contribution in [1.82, 2.24) is 0 Å². The number of fused-ring (bicyclic) bond motifs is 2. The van der Waals surface area contributed by atoms with Gasteiger partial charge in [0.15, 0.2) is 11.5 Å². The number of nitrogens with two attached hydrogens (primary N) is 1. The third-order valence-corrected chi connectivity index (χ3v) is 6.06. The van der Waals surface area contributed by atoms with Crippen molar-refractivity contribution >= 4 is 45.6 Å². The Labute approximate surface area is 223 Å². The second-order valence-electron chi connectivity index (χ2n) is 7.67. The van der Waals surface area contributed by atoms with E-state index in [1.165, 1.54) is 12.1 Å². The first-order valence-electron chi connectivity index (χ1n) is 10.8. The molecule has 3 aromatic rings. The number of alkyl halides is 3. The fourth-order valence-corrected chi connectivity index (χ4v) is 3.82. The van der Waals surface area contributed by atoms with Gasteiger partial charge in [0.1, 0.15) is 16.7 Å². The maximum Gasteiger partial charge on any atom is 0.573 e. The van der Waals surface area contributed by atoms with Crippen molar-refractivity contribution in [2.45, 2.75) is 30.2 Å². The van der Waals surface area contributed by atoms with Gasteiger partial charge in [0, 0.05) is 35.4 Å². The van der Waals surface area contributed by atoms with E-state index in [0.29, 0.717) is 21.5 Å². The zero-order valence-corrected chi connectivity index (χ0v) is 21.5. The highest BCUT2D eigenvalue weighted by atomic mass is 35.5. The van der Waals surface area contributed by atoms with Crippen LogP contribution in [0.5, 0.6) is 17.2 Å². The van der Waals surface area contributed by atoms with E-state index in [9.17, 15) is 17.4 Å². The van der Waals surface area contributed by atoms with Crippen LogP contribution in [0.25, 0.3) is 0 Å². The number of aliphatic hydroxyl groups excluding tert-OH is 1. The van der Waals surface area contributed by atoms with Crippen LogP contribution in [-0.2, 0) is 15.7 Å². The molecule has 1 saturated heterocycles. The molecule has 2 aliphatic rings. The van der Waals surface area contributed by atoms with Gasteiger partial charge in [-0.2, -0.15) is 0 Å². The van der Waals surface area contributed by atoms with E-state index >= 15 is 0 Å². The molecule has 0 aromatic heterocycles. The fourth-order valence-electron chi connectivity index (χ4n) is 3.09. The molecule has 0 amide bonds. The van der Waals surface area contributed by atoms with Gasteiger partial charge in [-0.15, -0.1) is 13.2 Å². The molecule has 5 rings (SSSR count). The van der Waals surface area contributed by atoms with Gasteiger partial charge in [-0.3, -0.25) is 0 Å². The topological polar surface area (TPSA) is 103 Å². The second-order valence-corrected chi connectivity index (χ2v) is 9.61. The minimum absolute atomic E-state index is 0.0891. The summed E-state index contributed by atoms with van der Waals surface area (Å²) in [5, 5.41) is 18.4. The van der Waals surface area contributed by atoms with Crippen molar-refractivity contribution in [3.05, 3.63) is 70.7 Å². The Bertz CT molecular complexity index is 1160. The summed E-state index contributed by atoms with van der Waals surface area (Å²) in [6.07, 6.45) is -3.17. The normalized spacial score (nSPS) is 15.2. The molecule has 0 saturated carbocycles. The first kappa shape index (κ1) is 29.0. The summed E-state index contributed by atoms with van der Waals surface area (Å²) >= 11 is 11.8. The first-order chi connectivity index (χ1) is 17.5. The molecule has 0 bridgehead atoms. The van der Waals surface area contributed by atoms with Crippen LogP contribution >= 0.6 is 23.2 Å². The number of halogens is 5. The van der Waals surface area contributed by atoms with Crippen LogP contribution in [0.2, 0.25) is 10.0 Å². The highest BCUT2D eigenvalue weighted by Gasteiger charge is 2.31. The van der Waals surface area contributed by atoms with Crippen molar-refractivity contribution in [1.29, 1.82) is 0 Å². The highest BCUT2D eigenvalue weighted by Crippen LogP contribution is 2.43. The van der Waals surface area contributed by atoms with Crippen LogP contribution in [0.4, 0.5) is 24.5 Å². The molecule has 7 nitrogen and oxygen atoms in total. The monoisotopic (exact) mass is 578 g/mol. The molecule has 1 atom stereocenters. The smallest absolute Gasteiger partial charge is 0.453 e. The van der Waals surface area contributed by atoms with E-state index in [2.05, 4.69) is 10.1 Å². The Balaban J connectivity index is 0.000000166. The number of nitrogens with one attached hydrogen (secondary N) is 1. The van der Waals surface area contributed by atoms with E-state index < -0.39 is 17.3 Å². The molecule has 2 aliphatic heterocycles.